The molecule has 0 aromatic heterocycles. The van der Waals surface area contributed by atoms with Gasteiger partial charge in [-0.25, -0.2) is 0 Å². The van der Waals surface area contributed by atoms with E-state index in [1.807, 2.05) is 7.11 Å². The maximum Gasteiger partial charge on any atom is 0.0652 e. The van der Waals surface area contributed by atoms with E-state index in [2.05, 4.69) is 39.9 Å². The quantitative estimate of drug-likeness (QED) is 0.834. The van der Waals surface area contributed by atoms with Crippen molar-refractivity contribution in [2.45, 2.75) is 84.9 Å². The van der Waals surface area contributed by atoms with E-state index in [0.29, 0.717) is 23.6 Å². The Kier molecular flexibility index (Phi) is 4.32. The van der Waals surface area contributed by atoms with E-state index >= 15 is 0 Å². The molecule has 2 aliphatic rings. The number of methoxy groups -OCH3 is 1. The molecule has 0 saturated heterocycles. The van der Waals surface area contributed by atoms with Crippen molar-refractivity contribution >= 4 is 0 Å². The predicted octanol–water partition coefficient (Wildman–Crippen LogP) is 3.99. The Morgan fingerprint density at radius 3 is 2.26 bits per heavy atom. The second-order valence-corrected chi connectivity index (χ2v) is 8.36. The second-order valence-electron chi connectivity index (χ2n) is 8.36. The van der Waals surface area contributed by atoms with Gasteiger partial charge < -0.3 is 10.1 Å². The summed E-state index contributed by atoms with van der Waals surface area (Å²) in [6, 6.07) is 1.33. The Labute approximate surface area is 119 Å². The molecule has 0 bridgehead atoms. The Hall–Kier alpha value is -0.0800. The first-order valence-corrected chi connectivity index (χ1v) is 8.05. The molecule has 1 N–H and O–H groups in total. The van der Waals surface area contributed by atoms with Crippen molar-refractivity contribution in [3.05, 3.63) is 0 Å². The van der Waals surface area contributed by atoms with Crippen LogP contribution in [0.15, 0.2) is 0 Å². The van der Waals surface area contributed by atoms with Gasteiger partial charge in [0.2, 0.25) is 0 Å². The molecular weight excluding hydrogens is 234 g/mol. The summed E-state index contributed by atoms with van der Waals surface area (Å²) in [5.41, 5.74) is 0.710. The van der Waals surface area contributed by atoms with Gasteiger partial charge in [-0.1, -0.05) is 47.5 Å². The summed E-state index contributed by atoms with van der Waals surface area (Å²) < 4.78 is 5.57. The summed E-state index contributed by atoms with van der Waals surface area (Å²) in [7, 11) is 1.85. The zero-order chi connectivity index (χ0) is 14.3. The lowest BCUT2D eigenvalue weighted by Gasteiger charge is -2.54. The van der Waals surface area contributed by atoms with Crippen LogP contribution >= 0.6 is 0 Å². The molecule has 0 aliphatic heterocycles. The monoisotopic (exact) mass is 267 g/mol. The summed E-state index contributed by atoms with van der Waals surface area (Å²) >= 11 is 0. The van der Waals surface area contributed by atoms with E-state index in [-0.39, 0.29) is 5.41 Å². The average molecular weight is 267 g/mol. The molecule has 2 fully saturated rings. The van der Waals surface area contributed by atoms with Crippen molar-refractivity contribution < 1.29 is 4.74 Å². The van der Waals surface area contributed by atoms with Crippen molar-refractivity contribution in [3.63, 3.8) is 0 Å². The average Bonchev–Trinajstić information content (AvgIpc) is 2.33. The molecular formula is C17H33NO. The molecule has 0 aromatic carbocycles. The van der Waals surface area contributed by atoms with Gasteiger partial charge in [-0.2, -0.15) is 0 Å². The molecule has 2 rings (SSSR count). The van der Waals surface area contributed by atoms with E-state index in [4.69, 9.17) is 4.74 Å². The molecule has 2 heteroatoms. The maximum absolute atomic E-state index is 5.57. The zero-order valence-corrected chi connectivity index (χ0v) is 13.8. The van der Waals surface area contributed by atoms with Gasteiger partial charge in [0.15, 0.2) is 0 Å². The minimum atomic E-state index is 0.286. The fourth-order valence-electron chi connectivity index (χ4n) is 4.19. The summed E-state index contributed by atoms with van der Waals surface area (Å²) in [6.07, 6.45) is 7.16. The van der Waals surface area contributed by atoms with Crippen LogP contribution in [0, 0.1) is 16.7 Å². The zero-order valence-electron chi connectivity index (χ0n) is 13.8. The van der Waals surface area contributed by atoms with E-state index < -0.39 is 0 Å². The van der Waals surface area contributed by atoms with Crippen molar-refractivity contribution in [3.8, 4) is 0 Å². The van der Waals surface area contributed by atoms with E-state index in [9.17, 15) is 0 Å². The molecule has 2 saturated carbocycles. The van der Waals surface area contributed by atoms with Crippen LogP contribution < -0.4 is 5.32 Å². The van der Waals surface area contributed by atoms with Gasteiger partial charge in [-0.3, -0.25) is 0 Å². The third kappa shape index (κ3) is 3.00. The van der Waals surface area contributed by atoms with Crippen LogP contribution in [0.2, 0.25) is 0 Å². The van der Waals surface area contributed by atoms with Crippen molar-refractivity contribution in [1.29, 1.82) is 0 Å². The van der Waals surface area contributed by atoms with Crippen molar-refractivity contribution in [2.24, 2.45) is 16.7 Å². The molecule has 112 valence electrons. The first-order chi connectivity index (χ1) is 8.76. The molecule has 0 aromatic rings. The third-order valence-corrected chi connectivity index (χ3v) is 5.76. The normalized spacial score (nSPS) is 38.8. The predicted molar refractivity (Wildman–Crippen MR) is 81.3 cm³/mol. The minimum absolute atomic E-state index is 0.286. The number of hydrogen-bond acceptors (Lipinski definition) is 2. The van der Waals surface area contributed by atoms with E-state index in [0.717, 1.165) is 5.92 Å². The van der Waals surface area contributed by atoms with Crippen molar-refractivity contribution in [2.75, 3.05) is 7.11 Å². The molecule has 0 heterocycles. The lowest BCUT2D eigenvalue weighted by atomic mass is 9.63. The smallest absolute Gasteiger partial charge is 0.0652 e. The van der Waals surface area contributed by atoms with Crippen LogP contribution in [0.25, 0.3) is 0 Å². The summed E-state index contributed by atoms with van der Waals surface area (Å²) in [6.45, 7) is 11.9. The number of rotatable bonds is 3. The number of hydrogen-bond donors (Lipinski definition) is 1. The second kappa shape index (κ2) is 5.37. The summed E-state index contributed by atoms with van der Waals surface area (Å²) in [5, 5.41) is 3.99. The highest BCUT2D eigenvalue weighted by atomic mass is 16.5. The van der Waals surface area contributed by atoms with Crippen LogP contribution in [-0.2, 0) is 4.74 Å². The molecule has 19 heavy (non-hydrogen) atoms. The fraction of sp³-hybridized carbons (Fsp3) is 1.00. The summed E-state index contributed by atoms with van der Waals surface area (Å²) in [5.74, 6) is 0.818. The first kappa shape index (κ1) is 15.3. The molecule has 4 atom stereocenters. The topological polar surface area (TPSA) is 21.3 Å². The van der Waals surface area contributed by atoms with Gasteiger partial charge >= 0.3 is 0 Å². The number of ether oxygens (including phenoxy) is 1. The van der Waals surface area contributed by atoms with Crippen LogP contribution in [-0.4, -0.2) is 25.3 Å². The highest BCUT2D eigenvalue weighted by Crippen LogP contribution is 2.45. The highest BCUT2D eigenvalue weighted by molar-refractivity contribution is 5.04. The number of nitrogens with one attached hydrogen (secondary N) is 1. The Morgan fingerprint density at radius 2 is 1.74 bits per heavy atom. The highest BCUT2D eigenvalue weighted by Gasteiger charge is 2.50. The van der Waals surface area contributed by atoms with Gasteiger partial charge in [-0.15, -0.1) is 0 Å². The Bertz CT molecular complexity index is 305. The van der Waals surface area contributed by atoms with Gasteiger partial charge in [0, 0.05) is 24.6 Å². The Morgan fingerprint density at radius 1 is 1.11 bits per heavy atom. The standard InChI is InChI=1S/C17H33NO/c1-16(2,3)12-9-7-8-10-13(12)18-14-11-15(19-6)17(14,4)5/h12-15,18H,7-11H2,1-6H3. The SMILES string of the molecule is COC1CC(NC2CCCCC2C(C)(C)C)C1(C)C. The molecule has 0 amide bonds. The lowest BCUT2D eigenvalue weighted by molar-refractivity contribution is -0.105. The van der Waals surface area contributed by atoms with Gasteiger partial charge in [0.1, 0.15) is 0 Å². The molecule has 2 nitrogen and oxygen atoms in total. The molecule has 4 unspecified atom stereocenters. The third-order valence-electron chi connectivity index (χ3n) is 5.76. The minimum Gasteiger partial charge on any atom is -0.381 e. The van der Waals surface area contributed by atoms with Crippen LogP contribution in [0.1, 0.15) is 66.7 Å². The van der Waals surface area contributed by atoms with Crippen LogP contribution in [0.4, 0.5) is 0 Å². The van der Waals surface area contributed by atoms with E-state index in [1.165, 1.54) is 32.1 Å². The van der Waals surface area contributed by atoms with Gasteiger partial charge in [0.05, 0.1) is 6.10 Å². The maximum atomic E-state index is 5.57. The van der Waals surface area contributed by atoms with Crippen molar-refractivity contribution in [1.82, 2.24) is 5.32 Å². The van der Waals surface area contributed by atoms with Gasteiger partial charge in [-0.05, 0) is 30.6 Å². The fourth-order valence-corrected chi connectivity index (χ4v) is 4.19. The molecule has 0 radical (unpaired) electrons. The summed E-state index contributed by atoms with van der Waals surface area (Å²) in [4.78, 5) is 0. The van der Waals surface area contributed by atoms with Crippen LogP contribution in [0.3, 0.4) is 0 Å². The van der Waals surface area contributed by atoms with E-state index in [1.54, 1.807) is 0 Å². The van der Waals surface area contributed by atoms with Gasteiger partial charge in [0.25, 0.3) is 0 Å². The lowest BCUT2D eigenvalue weighted by Crippen LogP contribution is -2.64. The Balaban J connectivity index is 1.98. The molecule has 0 spiro atoms. The first-order valence-electron chi connectivity index (χ1n) is 8.05. The largest absolute Gasteiger partial charge is 0.381 e. The molecule has 2 aliphatic carbocycles. The van der Waals surface area contributed by atoms with Crippen LogP contribution in [0.5, 0.6) is 0 Å².